The standard InChI is InChI=1S/C3H6.2C2H6O2/c1-2-3-1;2*3-1-2-4/h1-3H2;2*3-4H,1-2H2. The Morgan fingerprint density at radius 3 is 0.727 bits per heavy atom. The van der Waals surface area contributed by atoms with E-state index < -0.39 is 0 Å². The zero-order valence-electron chi connectivity index (χ0n) is 6.74. The van der Waals surface area contributed by atoms with Crippen molar-refractivity contribution in [3.63, 3.8) is 0 Å². The van der Waals surface area contributed by atoms with Crippen LogP contribution < -0.4 is 0 Å². The summed E-state index contributed by atoms with van der Waals surface area (Å²) < 4.78 is 0. The molecule has 4 nitrogen and oxygen atoms in total. The van der Waals surface area contributed by atoms with Crippen molar-refractivity contribution in [2.45, 2.75) is 19.3 Å². The predicted octanol–water partition coefficient (Wildman–Crippen LogP) is -0.888. The molecule has 1 rings (SSSR count). The van der Waals surface area contributed by atoms with Gasteiger partial charge in [-0.05, 0) is 0 Å². The van der Waals surface area contributed by atoms with Crippen LogP contribution in [0.15, 0.2) is 0 Å². The van der Waals surface area contributed by atoms with E-state index in [2.05, 4.69) is 0 Å². The van der Waals surface area contributed by atoms with Crippen molar-refractivity contribution in [2.24, 2.45) is 0 Å². The lowest BCUT2D eigenvalue weighted by atomic mass is 10.8. The summed E-state index contributed by atoms with van der Waals surface area (Å²) in [5.41, 5.74) is 0. The molecule has 0 heterocycles. The predicted molar refractivity (Wildman–Crippen MR) is 42.2 cm³/mol. The summed E-state index contributed by atoms with van der Waals surface area (Å²) in [7, 11) is 0. The molecular formula is C7H18O4. The summed E-state index contributed by atoms with van der Waals surface area (Å²) >= 11 is 0. The first-order valence-corrected chi connectivity index (χ1v) is 3.76. The van der Waals surface area contributed by atoms with Crippen molar-refractivity contribution in [1.29, 1.82) is 0 Å². The fraction of sp³-hybridized carbons (Fsp3) is 1.00. The van der Waals surface area contributed by atoms with E-state index >= 15 is 0 Å². The Morgan fingerprint density at radius 1 is 0.545 bits per heavy atom. The minimum atomic E-state index is -0.125. The van der Waals surface area contributed by atoms with Crippen molar-refractivity contribution in [2.75, 3.05) is 26.4 Å². The Morgan fingerprint density at radius 2 is 0.727 bits per heavy atom. The second-order valence-corrected chi connectivity index (χ2v) is 1.96. The van der Waals surface area contributed by atoms with Crippen molar-refractivity contribution in [3.05, 3.63) is 0 Å². The molecule has 0 amide bonds. The summed E-state index contributed by atoms with van der Waals surface area (Å²) in [6.45, 7) is -0.500. The van der Waals surface area contributed by atoms with Crippen molar-refractivity contribution < 1.29 is 20.4 Å². The highest BCUT2D eigenvalue weighted by Gasteiger charge is 1.95. The fourth-order valence-corrected chi connectivity index (χ4v) is 0. The van der Waals surface area contributed by atoms with Crippen molar-refractivity contribution in [3.8, 4) is 0 Å². The van der Waals surface area contributed by atoms with Gasteiger partial charge in [-0.3, -0.25) is 0 Å². The maximum Gasteiger partial charge on any atom is 0.0662 e. The van der Waals surface area contributed by atoms with E-state index in [1.165, 1.54) is 19.3 Å². The largest absolute Gasteiger partial charge is 0.394 e. The number of hydrogen-bond acceptors (Lipinski definition) is 4. The van der Waals surface area contributed by atoms with Crippen LogP contribution in [0.1, 0.15) is 19.3 Å². The highest BCUT2D eigenvalue weighted by Crippen LogP contribution is 2.14. The third-order valence-electron chi connectivity index (χ3n) is 0.554. The molecule has 1 aliphatic rings. The van der Waals surface area contributed by atoms with Gasteiger partial charge < -0.3 is 20.4 Å². The molecule has 0 aromatic heterocycles. The molecule has 0 aromatic rings. The molecule has 1 saturated carbocycles. The van der Waals surface area contributed by atoms with Gasteiger partial charge in [0, 0.05) is 0 Å². The zero-order valence-corrected chi connectivity index (χ0v) is 6.74. The first kappa shape index (κ1) is 13.4. The Balaban J connectivity index is 0. The molecule has 11 heavy (non-hydrogen) atoms. The normalized spacial score (nSPS) is 12.0. The molecule has 0 saturated heterocycles. The van der Waals surface area contributed by atoms with Crippen molar-refractivity contribution >= 4 is 0 Å². The average Bonchev–Trinajstić information content (AvgIpc) is 2.90. The summed E-state index contributed by atoms with van der Waals surface area (Å²) in [5, 5.41) is 30.5. The van der Waals surface area contributed by atoms with E-state index in [4.69, 9.17) is 20.4 Å². The molecule has 0 radical (unpaired) electrons. The highest BCUT2D eigenvalue weighted by atomic mass is 16.3. The van der Waals surface area contributed by atoms with Crippen LogP contribution in [0.2, 0.25) is 0 Å². The lowest BCUT2D eigenvalue weighted by molar-refractivity contribution is 0.186. The van der Waals surface area contributed by atoms with Crippen LogP contribution in [0, 0.1) is 0 Å². The van der Waals surface area contributed by atoms with E-state index in [9.17, 15) is 0 Å². The first-order valence-electron chi connectivity index (χ1n) is 3.76. The molecule has 0 atom stereocenters. The monoisotopic (exact) mass is 166 g/mol. The number of hydrogen-bond donors (Lipinski definition) is 4. The summed E-state index contributed by atoms with van der Waals surface area (Å²) in [4.78, 5) is 0. The molecule has 0 aliphatic heterocycles. The smallest absolute Gasteiger partial charge is 0.0662 e. The average molecular weight is 166 g/mol. The minimum absolute atomic E-state index is 0.125. The Bertz CT molecular complexity index is 37.0. The van der Waals surface area contributed by atoms with Gasteiger partial charge in [-0.2, -0.15) is 0 Å². The highest BCUT2D eigenvalue weighted by molar-refractivity contribution is 4.50. The molecular weight excluding hydrogens is 148 g/mol. The topological polar surface area (TPSA) is 80.9 Å². The molecule has 0 bridgehead atoms. The second-order valence-electron chi connectivity index (χ2n) is 1.96. The molecule has 1 fully saturated rings. The Kier molecular flexibility index (Phi) is 20.1. The van der Waals surface area contributed by atoms with Crippen LogP contribution in [0.3, 0.4) is 0 Å². The number of aliphatic hydroxyl groups excluding tert-OH is 4. The fourth-order valence-electron chi connectivity index (χ4n) is 0. The van der Waals surface area contributed by atoms with E-state index in [1.54, 1.807) is 0 Å². The van der Waals surface area contributed by atoms with Gasteiger partial charge in [0.15, 0.2) is 0 Å². The summed E-state index contributed by atoms with van der Waals surface area (Å²) in [6.07, 6.45) is 4.50. The molecule has 70 valence electrons. The lowest BCUT2D eigenvalue weighted by Gasteiger charge is -1.70. The summed E-state index contributed by atoms with van der Waals surface area (Å²) in [6, 6.07) is 0. The maximum atomic E-state index is 7.62. The van der Waals surface area contributed by atoms with E-state index in [0.29, 0.717) is 0 Å². The molecule has 4 N–H and O–H groups in total. The van der Waals surface area contributed by atoms with E-state index in [-0.39, 0.29) is 26.4 Å². The SMILES string of the molecule is C1CC1.OCCO.OCCO. The van der Waals surface area contributed by atoms with Gasteiger partial charge in [0.25, 0.3) is 0 Å². The number of rotatable bonds is 2. The maximum absolute atomic E-state index is 7.62. The van der Waals surface area contributed by atoms with Crippen LogP contribution >= 0.6 is 0 Å². The van der Waals surface area contributed by atoms with Crippen molar-refractivity contribution in [1.82, 2.24) is 0 Å². The first-order chi connectivity index (χ1) is 5.33. The quantitative estimate of drug-likeness (QED) is 0.429. The minimum Gasteiger partial charge on any atom is -0.394 e. The van der Waals surface area contributed by atoms with Gasteiger partial charge >= 0.3 is 0 Å². The van der Waals surface area contributed by atoms with Gasteiger partial charge in [0.05, 0.1) is 26.4 Å². The second kappa shape index (κ2) is 16.4. The van der Waals surface area contributed by atoms with Crippen LogP contribution in [-0.4, -0.2) is 46.9 Å². The summed E-state index contributed by atoms with van der Waals surface area (Å²) in [5.74, 6) is 0. The zero-order chi connectivity index (χ0) is 8.95. The molecule has 4 heteroatoms. The molecule has 0 spiro atoms. The lowest BCUT2D eigenvalue weighted by Crippen LogP contribution is -1.85. The van der Waals surface area contributed by atoms with Crippen LogP contribution in [0.4, 0.5) is 0 Å². The molecule has 1 aliphatic carbocycles. The van der Waals surface area contributed by atoms with Gasteiger partial charge in [-0.15, -0.1) is 0 Å². The van der Waals surface area contributed by atoms with E-state index in [0.717, 1.165) is 0 Å². The van der Waals surface area contributed by atoms with Gasteiger partial charge in [0.1, 0.15) is 0 Å². The third-order valence-corrected chi connectivity index (χ3v) is 0.554. The van der Waals surface area contributed by atoms with Crippen LogP contribution in [0.25, 0.3) is 0 Å². The Labute approximate surface area is 67.1 Å². The van der Waals surface area contributed by atoms with Crippen LogP contribution in [-0.2, 0) is 0 Å². The van der Waals surface area contributed by atoms with Crippen LogP contribution in [0.5, 0.6) is 0 Å². The van der Waals surface area contributed by atoms with Gasteiger partial charge in [-0.1, -0.05) is 19.3 Å². The van der Waals surface area contributed by atoms with E-state index in [1.807, 2.05) is 0 Å². The Hall–Kier alpha value is -0.160. The molecule has 0 unspecified atom stereocenters. The van der Waals surface area contributed by atoms with Gasteiger partial charge in [-0.25, -0.2) is 0 Å². The number of aliphatic hydroxyl groups is 4. The molecule has 0 aromatic carbocycles. The third kappa shape index (κ3) is 75.0. The van der Waals surface area contributed by atoms with Gasteiger partial charge in [0.2, 0.25) is 0 Å².